The van der Waals surface area contributed by atoms with Crippen LogP contribution in [0.5, 0.6) is 0 Å². The Morgan fingerprint density at radius 1 is 1.21 bits per heavy atom. The first-order chi connectivity index (χ1) is 13.3. The van der Waals surface area contributed by atoms with Crippen LogP contribution < -0.4 is 10.0 Å². The highest BCUT2D eigenvalue weighted by Crippen LogP contribution is 2.19. The molecule has 0 spiro atoms. The average molecular weight is 405 g/mol. The first-order valence-electron chi connectivity index (χ1n) is 8.62. The van der Waals surface area contributed by atoms with E-state index in [1.807, 2.05) is 0 Å². The fourth-order valence-electron chi connectivity index (χ4n) is 2.78. The molecule has 1 amide bonds. The molecule has 2 aromatic rings. The van der Waals surface area contributed by atoms with Gasteiger partial charge in [-0.3, -0.25) is 14.9 Å². The van der Waals surface area contributed by atoms with Crippen LogP contribution in [0.3, 0.4) is 0 Å². The molecular formula is C18H19N3O6S. The standard InChI is InChI=1S/C18H19N3O6S/c22-18(20-14-3-1-4-15(11-14)21(23)24)13-6-8-17(9-7-13)28(25,26)19-12-16-5-2-10-27-16/h1,3-4,6-9,11,16,19H,2,5,10,12H2,(H,20,22)/t16-/m0/s1. The summed E-state index contributed by atoms with van der Waals surface area (Å²) in [5, 5.41) is 13.3. The van der Waals surface area contributed by atoms with E-state index in [9.17, 15) is 23.3 Å². The monoisotopic (exact) mass is 405 g/mol. The molecule has 0 radical (unpaired) electrons. The summed E-state index contributed by atoms with van der Waals surface area (Å²) < 4.78 is 32.6. The van der Waals surface area contributed by atoms with Gasteiger partial charge in [0, 0.05) is 36.5 Å². The minimum absolute atomic E-state index is 0.0393. The summed E-state index contributed by atoms with van der Waals surface area (Å²) in [7, 11) is -3.70. The van der Waals surface area contributed by atoms with E-state index in [-0.39, 0.29) is 34.5 Å². The zero-order valence-electron chi connectivity index (χ0n) is 14.8. The number of benzene rings is 2. The van der Waals surface area contributed by atoms with E-state index in [4.69, 9.17) is 4.74 Å². The number of nitrogens with zero attached hydrogens (tertiary/aromatic N) is 1. The van der Waals surface area contributed by atoms with Crippen molar-refractivity contribution in [3.8, 4) is 0 Å². The van der Waals surface area contributed by atoms with Gasteiger partial charge in [0.2, 0.25) is 10.0 Å². The molecule has 2 aromatic carbocycles. The van der Waals surface area contributed by atoms with Gasteiger partial charge in [0.05, 0.1) is 15.9 Å². The van der Waals surface area contributed by atoms with Gasteiger partial charge in [-0.15, -0.1) is 0 Å². The number of sulfonamides is 1. The number of non-ortho nitro benzene ring substituents is 1. The third-order valence-electron chi connectivity index (χ3n) is 4.27. The van der Waals surface area contributed by atoms with Crippen LogP contribution in [-0.2, 0) is 14.8 Å². The minimum atomic E-state index is -3.70. The summed E-state index contributed by atoms with van der Waals surface area (Å²) in [4.78, 5) is 22.6. The van der Waals surface area contributed by atoms with E-state index in [0.29, 0.717) is 6.61 Å². The summed E-state index contributed by atoms with van der Waals surface area (Å²) in [6.45, 7) is 0.845. The molecule has 3 rings (SSSR count). The molecule has 1 saturated heterocycles. The van der Waals surface area contributed by atoms with Crippen molar-refractivity contribution in [1.82, 2.24) is 4.72 Å². The summed E-state index contributed by atoms with van der Waals surface area (Å²) in [6.07, 6.45) is 1.62. The van der Waals surface area contributed by atoms with Gasteiger partial charge < -0.3 is 10.1 Å². The lowest BCUT2D eigenvalue weighted by Crippen LogP contribution is -2.31. The number of nitrogens with one attached hydrogen (secondary N) is 2. The maximum atomic E-state index is 12.3. The molecule has 1 aliphatic rings. The summed E-state index contributed by atoms with van der Waals surface area (Å²) in [6, 6.07) is 11.0. The fourth-order valence-corrected chi connectivity index (χ4v) is 3.84. The molecule has 9 nitrogen and oxygen atoms in total. The van der Waals surface area contributed by atoms with Crippen LogP contribution in [0.15, 0.2) is 53.4 Å². The Balaban J connectivity index is 1.65. The molecular weight excluding hydrogens is 386 g/mol. The summed E-state index contributed by atoms with van der Waals surface area (Å²) in [5.74, 6) is -0.503. The summed E-state index contributed by atoms with van der Waals surface area (Å²) in [5.41, 5.74) is 0.357. The number of hydrogen-bond acceptors (Lipinski definition) is 6. The van der Waals surface area contributed by atoms with Gasteiger partial charge in [-0.1, -0.05) is 6.07 Å². The lowest BCUT2D eigenvalue weighted by Gasteiger charge is -2.11. The van der Waals surface area contributed by atoms with Crippen molar-refractivity contribution < 1.29 is 22.9 Å². The summed E-state index contributed by atoms with van der Waals surface area (Å²) >= 11 is 0. The first kappa shape index (κ1) is 19.9. The number of nitro benzene ring substituents is 1. The van der Waals surface area contributed by atoms with Crippen molar-refractivity contribution in [2.24, 2.45) is 0 Å². The number of carbonyl (C=O) groups is 1. The highest BCUT2D eigenvalue weighted by molar-refractivity contribution is 7.89. The highest BCUT2D eigenvalue weighted by atomic mass is 32.2. The van der Waals surface area contributed by atoms with Gasteiger partial charge in [-0.25, -0.2) is 13.1 Å². The van der Waals surface area contributed by atoms with Gasteiger partial charge in [0.1, 0.15) is 0 Å². The third kappa shape index (κ3) is 4.91. The minimum Gasteiger partial charge on any atom is -0.377 e. The predicted molar refractivity (Wildman–Crippen MR) is 102 cm³/mol. The highest BCUT2D eigenvalue weighted by Gasteiger charge is 2.20. The molecule has 1 aliphatic heterocycles. The third-order valence-corrected chi connectivity index (χ3v) is 5.71. The maximum absolute atomic E-state index is 12.3. The van der Waals surface area contributed by atoms with E-state index < -0.39 is 20.9 Å². The van der Waals surface area contributed by atoms with Crippen molar-refractivity contribution in [3.05, 3.63) is 64.2 Å². The van der Waals surface area contributed by atoms with Gasteiger partial charge in [-0.2, -0.15) is 0 Å². The molecule has 0 aromatic heterocycles. The zero-order valence-corrected chi connectivity index (χ0v) is 15.6. The number of ether oxygens (including phenoxy) is 1. The number of rotatable bonds is 7. The number of anilines is 1. The van der Waals surface area contributed by atoms with E-state index in [0.717, 1.165) is 12.8 Å². The van der Waals surface area contributed by atoms with Crippen molar-refractivity contribution >= 4 is 27.3 Å². The molecule has 148 valence electrons. The van der Waals surface area contributed by atoms with Crippen LogP contribution in [0.4, 0.5) is 11.4 Å². The first-order valence-corrected chi connectivity index (χ1v) is 10.1. The average Bonchev–Trinajstić information content (AvgIpc) is 3.20. The van der Waals surface area contributed by atoms with Gasteiger partial charge >= 0.3 is 0 Å². The molecule has 28 heavy (non-hydrogen) atoms. The largest absolute Gasteiger partial charge is 0.377 e. The van der Waals surface area contributed by atoms with Crippen molar-refractivity contribution in [2.75, 3.05) is 18.5 Å². The topological polar surface area (TPSA) is 128 Å². The smallest absolute Gasteiger partial charge is 0.271 e. The SMILES string of the molecule is O=C(Nc1cccc([N+](=O)[O-])c1)c1ccc(S(=O)(=O)NC[C@@H]2CCCO2)cc1. The second kappa shape index (κ2) is 8.46. The van der Waals surface area contributed by atoms with Gasteiger partial charge in [0.25, 0.3) is 11.6 Å². The van der Waals surface area contributed by atoms with Crippen LogP contribution in [-0.4, -0.2) is 38.5 Å². The second-order valence-electron chi connectivity index (χ2n) is 6.27. The predicted octanol–water partition coefficient (Wildman–Crippen LogP) is 2.30. The molecule has 0 aliphatic carbocycles. The Hall–Kier alpha value is -2.82. The number of carbonyl (C=O) groups excluding carboxylic acids is 1. The number of hydrogen-bond donors (Lipinski definition) is 2. The molecule has 0 bridgehead atoms. The Labute approximate surface area is 161 Å². The molecule has 10 heteroatoms. The molecule has 1 atom stereocenters. The Kier molecular flexibility index (Phi) is 6.02. The Bertz CT molecular complexity index is 969. The number of amides is 1. The van der Waals surface area contributed by atoms with E-state index >= 15 is 0 Å². The quantitative estimate of drug-likeness (QED) is 0.537. The van der Waals surface area contributed by atoms with Crippen LogP contribution in [0.25, 0.3) is 0 Å². The Morgan fingerprint density at radius 2 is 1.96 bits per heavy atom. The van der Waals surface area contributed by atoms with Crippen LogP contribution in [0.2, 0.25) is 0 Å². The fraction of sp³-hybridized carbons (Fsp3) is 0.278. The van der Waals surface area contributed by atoms with Gasteiger partial charge in [0.15, 0.2) is 0 Å². The lowest BCUT2D eigenvalue weighted by atomic mass is 10.2. The maximum Gasteiger partial charge on any atom is 0.271 e. The molecule has 0 saturated carbocycles. The normalized spacial score (nSPS) is 16.6. The molecule has 2 N–H and O–H groups in total. The van der Waals surface area contributed by atoms with Crippen LogP contribution >= 0.6 is 0 Å². The van der Waals surface area contributed by atoms with E-state index in [1.54, 1.807) is 0 Å². The lowest BCUT2D eigenvalue weighted by molar-refractivity contribution is -0.384. The van der Waals surface area contributed by atoms with Gasteiger partial charge in [-0.05, 0) is 43.2 Å². The Morgan fingerprint density at radius 3 is 2.61 bits per heavy atom. The van der Waals surface area contributed by atoms with Crippen molar-refractivity contribution in [2.45, 2.75) is 23.8 Å². The van der Waals surface area contributed by atoms with E-state index in [1.165, 1.54) is 48.5 Å². The van der Waals surface area contributed by atoms with Crippen molar-refractivity contribution in [1.29, 1.82) is 0 Å². The van der Waals surface area contributed by atoms with Crippen LogP contribution in [0, 0.1) is 10.1 Å². The zero-order chi connectivity index (χ0) is 20.1. The molecule has 0 unspecified atom stereocenters. The molecule has 1 fully saturated rings. The van der Waals surface area contributed by atoms with E-state index in [2.05, 4.69) is 10.0 Å². The van der Waals surface area contributed by atoms with Crippen molar-refractivity contribution in [3.63, 3.8) is 0 Å². The number of nitro groups is 1. The van der Waals surface area contributed by atoms with Crippen LogP contribution in [0.1, 0.15) is 23.2 Å². The second-order valence-corrected chi connectivity index (χ2v) is 8.04. The molecule has 1 heterocycles.